The minimum Gasteiger partial charge on any atom is -0.337 e. The van der Waals surface area contributed by atoms with Gasteiger partial charge >= 0.3 is 0 Å². The fourth-order valence-electron chi connectivity index (χ4n) is 1.69. The molecule has 19 heavy (non-hydrogen) atoms. The van der Waals surface area contributed by atoms with E-state index in [1.54, 1.807) is 11.9 Å². The highest BCUT2D eigenvalue weighted by atomic mass is 35.5. The van der Waals surface area contributed by atoms with Crippen molar-refractivity contribution in [3.05, 3.63) is 63.9 Å². The highest BCUT2D eigenvalue weighted by molar-refractivity contribution is 6.41. The van der Waals surface area contributed by atoms with Crippen molar-refractivity contribution >= 4 is 29.1 Å². The molecule has 1 aromatic heterocycles. The minimum absolute atomic E-state index is 0.144. The van der Waals surface area contributed by atoms with Crippen molar-refractivity contribution in [1.82, 2.24) is 9.88 Å². The van der Waals surface area contributed by atoms with Gasteiger partial charge in [0.25, 0.3) is 5.91 Å². The summed E-state index contributed by atoms with van der Waals surface area (Å²) in [5.74, 6) is -0.144. The van der Waals surface area contributed by atoms with Gasteiger partial charge in [0.2, 0.25) is 0 Å². The lowest BCUT2D eigenvalue weighted by molar-refractivity contribution is 0.0784. The highest BCUT2D eigenvalue weighted by Gasteiger charge is 2.14. The predicted octanol–water partition coefficient (Wildman–Crippen LogP) is 3.66. The number of hydrogen-bond donors (Lipinski definition) is 0. The van der Waals surface area contributed by atoms with E-state index in [9.17, 15) is 4.79 Å². The molecule has 1 amide bonds. The summed E-state index contributed by atoms with van der Waals surface area (Å²) in [4.78, 5) is 17.7. The molecule has 1 heterocycles. The van der Waals surface area contributed by atoms with Crippen molar-refractivity contribution in [2.24, 2.45) is 0 Å². The molecule has 0 unspecified atom stereocenters. The molecule has 0 aliphatic heterocycles. The number of rotatable bonds is 3. The summed E-state index contributed by atoms with van der Waals surface area (Å²) < 4.78 is 0. The summed E-state index contributed by atoms with van der Waals surface area (Å²) in [7, 11) is 1.73. The molecule has 0 N–H and O–H groups in total. The number of amides is 1. The average Bonchev–Trinajstić information content (AvgIpc) is 2.42. The van der Waals surface area contributed by atoms with E-state index in [-0.39, 0.29) is 16.1 Å². The molecule has 2 rings (SSSR count). The third kappa shape index (κ3) is 3.46. The van der Waals surface area contributed by atoms with E-state index >= 15 is 0 Å². The van der Waals surface area contributed by atoms with Crippen LogP contribution in [0.25, 0.3) is 0 Å². The zero-order chi connectivity index (χ0) is 13.8. The Labute approximate surface area is 121 Å². The second kappa shape index (κ2) is 6.04. The standard InChI is InChI=1S/C14H12Cl2N2O/c1-18(9-10-5-3-2-4-6-10)14(19)11-7-12(15)13(16)17-8-11/h2-8H,9H2,1H3. The molecule has 1 aromatic carbocycles. The van der Waals surface area contributed by atoms with Gasteiger partial charge in [0.05, 0.1) is 10.6 Å². The van der Waals surface area contributed by atoms with Crippen LogP contribution in [0.15, 0.2) is 42.6 Å². The van der Waals surface area contributed by atoms with Gasteiger partial charge in [-0.2, -0.15) is 0 Å². The van der Waals surface area contributed by atoms with Crippen LogP contribution in [0.5, 0.6) is 0 Å². The number of carbonyl (C=O) groups is 1. The molecule has 0 spiro atoms. The number of benzene rings is 1. The first kappa shape index (κ1) is 13.8. The number of nitrogens with zero attached hydrogens (tertiary/aromatic N) is 2. The Morgan fingerprint density at radius 2 is 1.95 bits per heavy atom. The van der Waals surface area contributed by atoms with E-state index < -0.39 is 0 Å². The maximum absolute atomic E-state index is 12.2. The smallest absolute Gasteiger partial charge is 0.255 e. The van der Waals surface area contributed by atoms with Crippen molar-refractivity contribution in [2.75, 3.05) is 7.05 Å². The van der Waals surface area contributed by atoms with Crippen LogP contribution in [0.2, 0.25) is 10.2 Å². The largest absolute Gasteiger partial charge is 0.337 e. The lowest BCUT2D eigenvalue weighted by Gasteiger charge is -2.17. The molecule has 0 aliphatic rings. The normalized spacial score (nSPS) is 10.3. The van der Waals surface area contributed by atoms with Crippen molar-refractivity contribution in [3.8, 4) is 0 Å². The maximum Gasteiger partial charge on any atom is 0.255 e. The molecular weight excluding hydrogens is 283 g/mol. The van der Waals surface area contributed by atoms with Gasteiger partial charge in [0.15, 0.2) is 0 Å². The average molecular weight is 295 g/mol. The summed E-state index contributed by atoms with van der Waals surface area (Å²) in [6.07, 6.45) is 1.43. The fraction of sp³-hybridized carbons (Fsp3) is 0.143. The molecule has 3 nitrogen and oxygen atoms in total. The number of carbonyl (C=O) groups excluding carboxylic acids is 1. The summed E-state index contributed by atoms with van der Waals surface area (Å²) in [6.45, 7) is 0.528. The Morgan fingerprint density at radius 1 is 1.26 bits per heavy atom. The first-order valence-corrected chi connectivity index (χ1v) is 6.44. The van der Waals surface area contributed by atoms with Crippen LogP contribution < -0.4 is 0 Å². The third-order valence-corrected chi connectivity index (χ3v) is 3.34. The molecule has 2 aromatic rings. The first-order valence-electron chi connectivity index (χ1n) is 5.68. The molecule has 5 heteroatoms. The summed E-state index contributed by atoms with van der Waals surface area (Å²) >= 11 is 11.6. The van der Waals surface area contributed by atoms with Crippen molar-refractivity contribution in [1.29, 1.82) is 0 Å². The molecule has 0 saturated carbocycles. The Morgan fingerprint density at radius 3 is 2.58 bits per heavy atom. The maximum atomic E-state index is 12.2. The topological polar surface area (TPSA) is 33.2 Å². The number of aromatic nitrogens is 1. The van der Waals surface area contributed by atoms with Gasteiger partial charge in [-0.1, -0.05) is 53.5 Å². The van der Waals surface area contributed by atoms with Gasteiger partial charge in [-0.15, -0.1) is 0 Å². The second-order valence-corrected chi connectivity index (χ2v) is 4.91. The molecule has 0 saturated heterocycles. The molecule has 0 bridgehead atoms. The molecule has 98 valence electrons. The highest BCUT2D eigenvalue weighted by Crippen LogP contribution is 2.20. The number of halogens is 2. The minimum atomic E-state index is -0.144. The van der Waals surface area contributed by atoms with E-state index in [0.29, 0.717) is 12.1 Å². The Balaban J connectivity index is 2.12. The molecule has 0 atom stereocenters. The number of pyridine rings is 1. The van der Waals surface area contributed by atoms with E-state index in [2.05, 4.69) is 4.98 Å². The van der Waals surface area contributed by atoms with Crippen molar-refractivity contribution in [3.63, 3.8) is 0 Å². The molecule has 0 radical (unpaired) electrons. The quantitative estimate of drug-likeness (QED) is 0.810. The Kier molecular flexibility index (Phi) is 4.40. The number of hydrogen-bond acceptors (Lipinski definition) is 2. The van der Waals surface area contributed by atoms with Gasteiger partial charge in [-0.05, 0) is 11.6 Å². The van der Waals surface area contributed by atoms with Gasteiger partial charge in [-0.25, -0.2) is 4.98 Å². The zero-order valence-electron chi connectivity index (χ0n) is 10.3. The van der Waals surface area contributed by atoms with Crippen molar-refractivity contribution in [2.45, 2.75) is 6.54 Å². The van der Waals surface area contributed by atoms with E-state index in [0.717, 1.165) is 5.56 Å². The van der Waals surface area contributed by atoms with E-state index in [1.807, 2.05) is 30.3 Å². The van der Waals surface area contributed by atoms with Crippen molar-refractivity contribution < 1.29 is 4.79 Å². The van der Waals surface area contributed by atoms with Crippen LogP contribution in [-0.4, -0.2) is 22.8 Å². The molecule has 0 aliphatic carbocycles. The van der Waals surface area contributed by atoms with Crippen LogP contribution in [0.4, 0.5) is 0 Å². The van der Waals surface area contributed by atoms with Gasteiger partial charge in [0, 0.05) is 19.8 Å². The molecular formula is C14H12Cl2N2O. The Hall–Kier alpha value is -1.58. The summed E-state index contributed by atoms with van der Waals surface area (Å²) in [5, 5.41) is 0.476. The third-order valence-electron chi connectivity index (χ3n) is 2.65. The van der Waals surface area contributed by atoms with E-state index in [4.69, 9.17) is 23.2 Å². The summed E-state index contributed by atoms with van der Waals surface area (Å²) in [5.41, 5.74) is 1.49. The van der Waals surface area contributed by atoms with Gasteiger partial charge in [-0.3, -0.25) is 4.79 Å². The van der Waals surface area contributed by atoms with Crippen LogP contribution >= 0.6 is 23.2 Å². The predicted molar refractivity (Wildman–Crippen MR) is 76.5 cm³/mol. The lowest BCUT2D eigenvalue weighted by Crippen LogP contribution is -2.26. The zero-order valence-corrected chi connectivity index (χ0v) is 11.8. The SMILES string of the molecule is CN(Cc1ccccc1)C(=O)c1cnc(Cl)c(Cl)c1. The first-order chi connectivity index (χ1) is 9.08. The second-order valence-electron chi connectivity index (χ2n) is 4.14. The van der Waals surface area contributed by atoms with Crippen LogP contribution in [0, 0.1) is 0 Å². The lowest BCUT2D eigenvalue weighted by atomic mass is 10.2. The monoisotopic (exact) mass is 294 g/mol. The van der Waals surface area contributed by atoms with Crippen LogP contribution in [0.3, 0.4) is 0 Å². The van der Waals surface area contributed by atoms with Crippen LogP contribution in [0.1, 0.15) is 15.9 Å². The van der Waals surface area contributed by atoms with E-state index in [1.165, 1.54) is 12.3 Å². The fourth-order valence-corrected chi connectivity index (χ4v) is 1.96. The molecule has 0 fully saturated rings. The van der Waals surface area contributed by atoms with Gasteiger partial charge < -0.3 is 4.90 Å². The Bertz CT molecular complexity index is 587. The van der Waals surface area contributed by atoms with Gasteiger partial charge in [0.1, 0.15) is 5.15 Å². The van der Waals surface area contributed by atoms with Crippen LogP contribution in [-0.2, 0) is 6.54 Å². The summed E-state index contributed by atoms with van der Waals surface area (Å²) in [6, 6.07) is 11.3.